The van der Waals surface area contributed by atoms with E-state index in [2.05, 4.69) is 19.3 Å². The Labute approximate surface area is 145 Å². The minimum absolute atomic E-state index is 0.0338. The van der Waals surface area contributed by atoms with E-state index in [4.69, 9.17) is 4.98 Å². The molecule has 24 heavy (non-hydrogen) atoms. The van der Waals surface area contributed by atoms with Gasteiger partial charge in [0.15, 0.2) is 0 Å². The predicted molar refractivity (Wildman–Crippen MR) is 93.7 cm³/mol. The van der Waals surface area contributed by atoms with E-state index in [0.717, 1.165) is 43.7 Å². The van der Waals surface area contributed by atoms with Crippen molar-refractivity contribution in [2.75, 3.05) is 37.6 Å². The molecule has 0 spiro atoms. The minimum atomic E-state index is -0.0338. The summed E-state index contributed by atoms with van der Waals surface area (Å²) < 4.78 is 6.08. The fourth-order valence-corrected chi connectivity index (χ4v) is 3.94. The van der Waals surface area contributed by atoms with Crippen molar-refractivity contribution in [1.29, 1.82) is 0 Å². The molecular formula is C16H22N6OS. The van der Waals surface area contributed by atoms with Gasteiger partial charge in [0.05, 0.1) is 6.54 Å². The number of nitrogens with zero attached hydrogens (tertiary/aromatic N) is 6. The molecule has 1 saturated heterocycles. The summed E-state index contributed by atoms with van der Waals surface area (Å²) in [5, 5.41) is 5.18. The Bertz CT molecular complexity index is 732. The van der Waals surface area contributed by atoms with Crippen LogP contribution in [0.3, 0.4) is 0 Å². The summed E-state index contributed by atoms with van der Waals surface area (Å²) in [6.07, 6.45) is 5.47. The molecule has 1 aliphatic heterocycles. The first-order valence-corrected chi connectivity index (χ1v) is 9.40. The fourth-order valence-electron chi connectivity index (χ4n) is 3.14. The fraction of sp³-hybridized carbons (Fsp3) is 0.625. The van der Waals surface area contributed by atoms with Crippen LogP contribution >= 0.6 is 11.5 Å². The van der Waals surface area contributed by atoms with Gasteiger partial charge in [-0.1, -0.05) is 6.42 Å². The second-order valence-corrected chi connectivity index (χ2v) is 7.21. The maximum absolute atomic E-state index is 11.7. The van der Waals surface area contributed by atoms with Crippen LogP contribution in [-0.4, -0.2) is 56.8 Å². The maximum Gasteiger partial charge on any atom is 0.266 e. The SMILES string of the molecule is O=c1cccnn1CCN1CCN(c2nc(C3CCC3)ns2)CC1. The molecule has 0 atom stereocenters. The largest absolute Gasteiger partial charge is 0.344 e. The number of rotatable bonds is 5. The lowest BCUT2D eigenvalue weighted by Gasteiger charge is -2.34. The van der Waals surface area contributed by atoms with Crippen molar-refractivity contribution in [1.82, 2.24) is 24.0 Å². The molecule has 2 aromatic heterocycles. The molecule has 7 nitrogen and oxygen atoms in total. The number of piperazine rings is 1. The van der Waals surface area contributed by atoms with Crippen LogP contribution < -0.4 is 10.5 Å². The van der Waals surface area contributed by atoms with E-state index in [0.29, 0.717) is 12.5 Å². The lowest BCUT2D eigenvalue weighted by Crippen LogP contribution is -2.47. The van der Waals surface area contributed by atoms with Gasteiger partial charge in [-0.15, -0.1) is 0 Å². The van der Waals surface area contributed by atoms with Gasteiger partial charge in [-0.25, -0.2) is 9.67 Å². The quantitative estimate of drug-likeness (QED) is 0.810. The predicted octanol–water partition coefficient (Wildman–Crippen LogP) is 1.18. The van der Waals surface area contributed by atoms with E-state index in [-0.39, 0.29) is 5.56 Å². The van der Waals surface area contributed by atoms with E-state index in [1.807, 2.05) is 0 Å². The minimum Gasteiger partial charge on any atom is -0.344 e. The Morgan fingerprint density at radius 3 is 2.71 bits per heavy atom. The van der Waals surface area contributed by atoms with Crippen molar-refractivity contribution in [3.63, 3.8) is 0 Å². The summed E-state index contributed by atoms with van der Waals surface area (Å²) in [6.45, 7) is 5.41. The van der Waals surface area contributed by atoms with E-state index in [1.165, 1.54) is 35.5 Å². The van der Waals surface area contributed by atoms with Crippen molar-refractivity contribution >= 4 is 16.7 Å². The maximum atomic E-state index is 11.7. The van der Waals surface area contributed by atoms with Crippen LogP contribution in [0.5, 0.6) is 0 Å². The van der Waals surface area contributed by atoms with Gasteiger partial charge >= 0.3 is 0 Å². The first-order valence-electron chi connectivity index (χ1n) is 8.62. The Kier molecular flexibility index (Phi) is 4.57. The molecule has 0 N–H and O–H groups in total. The molecule has 8 heteroatoms. The highest BCUT2D eigenvalue weighted by Gasteiger charge is 2.26. The van der Waals surface area contributed by atoms with Crippen LogP contribution in [0, 0.1) is 0 Å². The van der Waals surface area contributed by atoms with Crippen molar-refractivity contribution in [2.24, 2.45) is 0 Å². The first kappa shape index (κ1) is 15.7. The van der Waals surface area contributed by atoms with E-state index in [1.54, 1.807) is 18.3 Å². The van der Waals surface area contributed by atoms with Crippen molar-refractivity contribution in [2.45, 2.75) is 31.7 Å². The number of anilines is 1. The zero-order valence-corrected chi connectivity index (χ0v) is 14.5. The molecule has 0 radical (unpaired) electrons. The lowest BCUT2D eigenvalue weighted by atomic mass is 9.85. The second kappa shape index (κ2) is 6.98. The molecule has 1 saturated carbocycles. The smallest absolute Gasteiger partial charge is 0.266 e. The van der Waals surface area contributed by atoms with Gasteiger partial charge in [-0.2, -0.15) is 9.47 Å². The van der Waals surface area contributed by atoms with Crippen molar-refractivity contribution in [3.8, 4) is 0 Å². The summed E-state index contributed by atoms with van der Waals surface area (Å²) in [7, 11) is 0. The van der Waals surface area contributed by atoms with Crippen LogP contribution in [0.4, 0.5) is 5.13 Å². The highest BCUT2D eigenvalue weighted by atomic mass is 32.1. The Morgan fingerprint density at radius 2 is 2.00 bits per heavy atom. The number of hydrogen-bond acceptors (Lipinski definition) is 7. The van der Waals surface area contributed by atoms with E-state index >= 15 is 0 Å². The van der Waals surface area contributed by atoms with Gasteiger partial charge in [0, 0.05) is 62.4 Å². The van der Waals surface area contributed by atoms with Crippen molar-refractivity contribution < 1.29 is 0 Å². The Hall–Kier alpha value is -1.80. The van der Waals surface area contributed by atoms with Gasteiger partial charge < -0.3 is 4.90 Å². The molecule has 128 valence electrons. The van der Waals surface area contributed by atoms with Crippen LogP contribution in [0.2, 0.25) is 0 Å². The summed E-state index contributed by atoms with van der Waals surface area (Å²) in [5.74, 6) is 1.66. The van der Waals surface area contributed by atoms with E-state index < -0.39 is 0 Å². The van der Waals surface area contributed by atoms with Gasteiger partial charge in [-0.3, -0.25) is 9.69 Å². The third kappa shape index (κ3) is 3.34. The molecular weight excluding hydrogens is 324 g/mol. The van der Waals surface area contributed by atoms with Crippen LogP contribution in [0.25, 0.3) is 0 Å². The molecule has 2 aliphatic rings. The Morgan fingerprint density at radius 1 is 1.17 bits per heavy atom. The average Bonchev–Trinajstić information content (AvgIpc) is 3.02. The third-order valence-electron chi connectivity index (χ3n) is 4.96. The normalized spacial score (nSPS) is 19.4. The molecule has 2 fully saturated rings. The molecule has 2 aromatic rings. The molecule has 0 bridgehead atoms. The van der Waals surface area contributed by atoms with Gasteiger partial charge in [0.2, 0.25) is 5.13 Å². The number of hydrogen-bond donors (Lipinski definition) is 0. The number of aromatic nitrogens is 4. The highest BCUT2D eigenvalue weighted by Crippen LogP contribution is 2.36. The summed E-state index contributed by atoms with van der Waals surface area (Å²) in [6, 6.07) is 3.23. The van der Waals surface area contributed by atoms with Crippen LogP contribution in [-0.2, 0) is 6.54 Å². The topological polar surface area (TPSA) is 67.2 Å². The molecule has 0 amide bonds. The van der Waals surface area contributed by atoms with E-state index in [9.17, 15) is 4.79 Å². The second-order valence-electron chi connectivity index (χ2n) is 6.48. The zero-order chi connectivity index (χ0) is 16.4. The van der Waals surface area contributed by atoms with Crippen LogP contribution in [0.15, 0.2) is 23.1 Å². The van der Waals surface area contributed by atoms with Crippen molar-refractivity contribution in [3.05, 3.63) is 34.5 Å². The molecule has 0 aromatic carbocycles. The molecule has 4 rings (SSSR count). The monoisotopic (exact) mass is 346 g/mol. The molecule has 3 heterocycles. The van der Waals surface area contributed by atoms with Gasteiger partial charge in [0.25, 0.3) is 5.56 Å². The molecule has 1 aliphatic carbocycles. The van der Waals surface area contributed by atoms with Gasteiger partial charge in [-0.05, 0) is 18.9 Å². The Balaban J connectivity index is 1.28. The van der Waals surface area contributed by atoms with Gasteiger partial charge in [0.1, 0.15) is 5.82 Å². The third-order valence-corrected chi connectivity index (χ3v) is 5.75. The first-order chi connectivity index (χ1) is 11.8. The summed E-state index contributed by atoms with van der Waals surface area (Å²) in [4.78, 5) is 21.1. The highest BCUT2D eigenvalue weighted by molar-refractivity contribution is 7.09. The average molecular weight is 346 g/mol. The molecule has 0 unspecified atom stereocenters. The van der Waals surface area contributed by atoms with Crippen LogP contribution in [0.1, 0.15) is 31.0 Å². The summed E-state index contributed by atoms with van der Waals surface area (Å²) >= 11 is 1.54. The summed E-state index contributed by atoms with van der Waals surface area (Å²) in [5.41, 5.74) is -0.0338. The standard InChI is InChI=1S/C16H22N6OS/c23-14-5-2-6-17-22(14)12-9-20-7-10-21(11-8-20)16-18-15(19-24-16)13-3-1-4-13/h2,5-6,13H,1,3-4,7-12H2. The zero-order valence-electron chi connectivity index (χ0n) is 13.7. The lowest BCUT2D eigenvalue weighted by molar-refractivity contribution is 0.242.